The summed E-state index contributed by atoms with van der Waals surface area (Å²) in [6, 6.07) is 0.0886. The van der Waals surface area contributed by atoms with Crippen molar-refractivity contribution in [1.82, 2.24) is 9.78 Å². The topological polar surface area (TPSA) is 53.1 Å². The number of halogens is 1. The predicted octanol–water partition coefficient (Wildman–Crippen LogP) is 2.07. The van der Waals surface area contributed by atoms with Crippen molar-refractivity contribution >= 4 is 11.6 Å². The summed E-state index contributed by atoms with van der Waals surface area (Å²) in [5.74, 6) is 0. The van der Waals surface area contributed by atoms with E-state index < -0.39 is 0 Å². The van der Waals surface area contributed by atoms with Gasteiger partial charge < -0.3 is 10.5 Å². The average molecular weight is 272 g/mol. The van der Waals surface area contributed by atoms with Crippen molar-refractivity contribution in [2.45, 2.75) is 51.2 Å². The van der Waals surface area contributed by atoms with E-state index in [-0.39, 0.29) is 6.04 Å². The van der Waals surface area contributed by atoms with Crippen molar-refractivity contribution in [2.24, 2.45) is 12.8 Å². The van der Waals surface area contributed by atoms with Gasteiger partial charge in [0.2, 0.25) is 0 Å². The summed E-state index contributed by atoms with van der Waals surface area (Å²) in [7, 11) is 1.93. The van der Waals surface area contributed by atoms with E-state index in [2.05, 4.69) is 12.0 Å². The number of hydrogen-bond acceptors (Lipinski definition) is 3. The lowest BCUT2D eigenvalue weighted by atomic mass is 10.0. The summed E-state index contributed by atoms with van der Waals surface area (Å²) in [6.45, 7) is 2.94. The fourth-order valence-electron chi connectivity index (χ4n) is 2.54. The second kappa shape index (κ2) is 6.04. The molecule has 0 radical (unpaired) electrons. The first kappa shape index (κ1) is 13.8. The fourth-order valence-corrected chi connectivity index (χ4v) is 2.91. The Morgan fingerprint density at radius 2 is 2.39 bits per heavy atom. The van der Waals surface area contributed by atoms with Crippen LogP contribution in [0.3, 0.4) is 0 Å². The first-order valence-corrected chi connectivity index (χ1v) is 7.07. The van der Waals surface area contributed by atoms with Crippen LogP contribution in [0.5, 0.6) is 0 Å². The maximum atomic E-state index is 6.32. The Kier molecular flexibility index (Phi) is 4.65. The Bertz CT molecular complexity index is 399. The smallest absolute Gasteiger partial charge is 0.0850 e. The molecule has 0 aromatic carbocycles. The quantitative estimate of drug-likeness (QED) is 0.892. The minimum absolute atomic E-state index is 0.0886. The monoisotopic (exact) mass is 271 g/mol. The Morgan fingerprint density at radius 1 is 1.61 bits per heavy atom. The van der Waals surface area contributed by atoms with Crippen LogP contribution in [0.15, 0.2) is 0 Å². The number of nitrogens with zero attached hydrogens (tertiary/aromatic N) is 2. The van der Waals surface area contributed by atoms with Gasteiger partial charge in [-0.2, -0.15) is 5.10 Å². The van der Waals surface area contributed by atoms with E-state index >= 15 is 0 Å². The van der Waals surface area contributed by atoms with Gasteiger partial charge in [0, 0.05) is 26.1 Å². The molecule has 0 saturated carbocycles. The molecule has 2 unspecified atom stereocenters. The Hall–Kier alpha value is -0.580. The molecule has 102 valence electrons. The highest BCUT2D eigenvalue weighted by molar-refractivity contribution is 6.31. The molecule has 1 aromatic rings. The minimum Gasteiger partial charge on any atom is -0.378 e. The lowest BCUT2D eigenvalue weighted by Crippen LogP contribution is -2.29. The highest BCUT2D eigenvalue weighted by Gasteiger charge is 2.21. The molecule has 0 bridgehead atoms. The van der Waals surface area contributed by atoms with Gasteiger partial charge in [0.1, 0.15) is 0 Å². The molecule has 2 atom stereocenters. The van der Waals surface area contributed by atoms with E-state index in [1.807, 2.05) is 11.7 Å². The largest absolute Gasteiger partial charge is 0.378 e. The van der Waals surface area contributed by atoms with E-state index in [4.69, 9.17) is 22.1 Å². The molecule has 2 heterocycles. The zero-order valence-corrected chi connectivity index (χ0v) is 11.9. The second-order valence-corrected chi connectivity index (χ2v) is 5.40. The standard InChI is InChI=1S/C13H22ClN3O/c1-3-11-13(14)12(17(2)16-11)8-9(15)7-10-5-4-6-18-10/h9-10H,3-8,15H2,1-2H3. The summed E-state index contributed by atoms with van der Waals surface area (Å²) in [5, 5.41) is 5.19. The zero-order chi connectivity index (χ0) is 13.1. The van der Waals surface area contributed by atoms with Crippen LogP contribution in [0, 0.1) is 0 Å². The van der Waals surface area contributed by atoms with Gasteiger partial charge in [0.25, 0.3) is 0 Å². The van der Waals surface area contributed by atoms with Crippen LogP contribution in [-0.4, -0.2) is 28.5 Å². The molecule has 5 heteroatoms. The van der Waals surface area contributed by atoms with Gasteiger partial charge >= 0.3 is 0 Å². The van der Waals surface area contributed by atoms with Crippen molar-refractivity contribution in [1.29, 1.82) is 0 Å². The van der Waals surface area contributed by atoms with Crippen LogP contribution in [0.4, 0.5) is 0 Å². The minimum atomic E-state index is 0.0886. The third-order valence-electron chi connectivity index (χ3n) is 3.55. The van der Waals surface area contributed by atoms with Gasteiger partial charge in [0.05, 0.1) is 22.5 Å². The number of aromatic nitrogens is 2. The van der Waals surface area contributed by atoms with E-state index in [0.717, 1.165) is 55.1 Å². The summed E-state index contributed by atoms with van der Waals surface area (Å²) in [4.78, 5) is 0. The molecule has 1 aliphatic heterocycles. The number of aryl methyl sites for hydroxylation is 2. The maximum absolute atomic E-state index is 6.32. The first-order chi connectivity index (χ1) is 8.61. The number of hydrogen-bond donors (Lipinski definition) is 1. The van der Waals surface area contributed by atoms with E-state index in [1.165, 1.54) is 0 Å². The average Bonchev–Trinajstić information content (AvgIpc) is 2.92. The van der Waals surface area contributed by atoms with Crippen molar-refractivity contribution < 1.29 is 4.74 Å². The van der Waals surface area contributed by atoms with E-state index in [0.29, 0.717) is 6.10 Å². The predicted molar refractivity (Wildman–Crippen MR) is 72.9 cm³/mol. The summed E-state index contributed by atoms with van der Waals surface area (Å²) in [6.07, 6.45) is 5.15. The normalized spacial score (nSPS) is 21.4. The fraction of sp³-hybridized carbons (Fsp3) is 0.769. The molecule has 4 nitrogen and oxygen atoms in total. The molecular formula is C13H22ClN3O. The van der Waals surface area contributed by atoms with Crippen molar-refractivity contribution in [2.75, 3.05) is 6.61 Å². The molecule has 2 rings (SSSR count). The molecule has 1 aliphatic rings. The highest BCUT2D eigenvalue weighted by Crippen LogP contribution is 2.24. The van der Waals surface area contributed by atoms with E-state index in [9.17, 15) is 0 Å². The third kappa shape index (κ3) is 3.05. The molecule has 0 spiro atoms. The van der Waals surface area contributed by atoms with Crippen LogP contribution in [-0.2, 0) is 24.6 Å². The van der Waals surface area contributed by atoms with Gasteiger partial charge in [-0.15, -0.1) is 0 Å². The summed E-state index contributed by atoms with van der Waals surface area (Å²) < 4.78 is 7.47. The van der Waals surface area contributed by atoms with Crippen LogP contribution in [0.2, 0.25) is 5.02 Å². The molecule has 0 amide bonds. The number of nitrogens with two attached hydrogens (primary N) is 1. The van der Waals surface area contributed by atoms with Crippen molar-refractivity contribution in [3.63, 3.8) is 0 Å². The second-order valence-electron chi connectivity index (χ2n) is 5.02. The van der Waals surface area contributed by atoms with Crippen LogP contribution in [0.25, 0.3) is 0 Å². The third-order valence-corrected chi connectivity index (χ3v) is 3.98. The van der Waals surface area contributed by atoms with Gasteiger partial charge in [-0.25, -0.2) is 0 Å². The van der Waals surface area contributed by atoms with Crippen LogP contribution >= 0.6 is 11.6 Å². The molecule has 18 heavy (non-hydrogen) atoms. The zero-order valence-electron chi connectivity index (χ0n) is 11.2. The van der Waals surface area contributed by atoms with Gasteiger partial charge in [-0.3, -0.25) is 4.68 Å². The lowest BCUT2D eigenvalue weighted by molar-refractivity contribution is 0.0982. The SMILES string of the molecule is CCc1nn(C)c(CC(N)CC2CCCO2)c1Cl. The van der Waals surface area contributed by atoms with Gasteiger partial charge in [-0.05, 0) is 25.7 Å². The summed E-state index contributed by atoms with van der Waals surface area (Å²) in [5.41, 5.74) is 8.19. The molecule has 1 fully saturated rings. The summed E-state index contributed by atoms with van der Waals surface area (Å²) >= 11 is 6.32. The lowest BCUT2D eigenvalue weighted by Gasteiger charge is -2.16. The highest BCUT2D eigenvalue weighted by atomic mass is 35.5. The molecule has 2 N–H and O–H groups in total. The van der Waals surface area contributed by atoms with Gasteiger partial charge in [-0.1, -0.05) is 18.5 Å². The van der Waals surface area contributed by atoms with Crippen molar-refractivity contribution in [3.8, 4) is 0 Å². The van der Waals surface area contributed by atoms with Crippen molar-refractivity contribution in [3.05, 3.63) is 16.4 Å². The Morgan fingerprint density at radius 3 is 2.94 bits per heavy atom. The Balaban J connectivity index is 1.97. The molecular weight excluding hydrogens is 250 g/mol. The molecule has 1 saturated heterocycles. The molecule has 1 aromatic heterocycles. The van der Waals surface area contributed by atoms with E-state index in [1.54, 1.807) is 0 Å². The Labute approximate surface area is 113 Å². The molecule has 0 aliphatic carbocycles. The van der Waals surface area contributed by atoms with Crippen LogP contribution in [0.1, 0.15) is 37.6 Å². The number of rotatable bonds is 5. The number of ether oxygens (including phenoxy) is 1. The maximum Gasteiger partial charge on any atom is 0.0850 e. The first-order valence-electron chi connectivity index (χ1n) is 6.69. The van der Waals surface area contributed by atoms with Gasteiger partial charge in [0.15, 0.2) is 0 Å². The van der Waals surface area contributed by atoms with Crippen LogP contribution < -0.4 is 5.73 Å².